The van der Waals surface area contributed by atoms with Crippen molar-refractivity contribution in [2.24, 2.45) is 0 Å². The summed E-state index contributed by atoms with van der Waals surface area (Å²) in [6.45, 7) is 2.16. The number of ether oxygens (including phenoxy) is 1. The van der Waals surface area contributed by atoms with Crippen molar-refractivity contribution in [2.45, 2.75) is 18.9 Å². The van der Waals surface area contributed by atoms with Crippen molar-refractivity contribution in [3.05, 3.63) is 18.2 Å². The third-order valence-electron chi connectivity index (χ3n) is 3.71. The Hall–Kier alpha value is -1.42. The van der Waals surface area contributed by atoms with Crippen molar-refractivity contribution >= 4 is 11.4 Å². The van der Waals surface area contributed by atoms with E-state index < -0.39 is 0 Å². The minimum Gasteiger partial charge on any atom is -0.497 e. The van der Waals surface area contributed by atoms with Gasteiger partial charge in [0, 0.05) is 42.6 Å². The number of piperidine rings is 1. The molecule has 1 fully saturated rings. The molecule has 0 amide bonds. The summed E-state index contributed by atoms with van der Waals surface area (Å²) < 4.78 is 5.27. The summed E-state index contributed by atoms with van der Waals surface area (Å²) in [5.41, 5.74) is 7.84. The van der Waals surface area contributed by atoms with Gasteiger partial charge in [0.1, 0.15) is 5.75 Å². The molecule has 0 radical (unpaired) electrons. The zero-order chi connectivity index (χ0) is 13.1. The van der Waals surface area contributed by atoms with Gasteiger partial charge in [0.15, 0.2) is 0 Å². The van der Waals surface area contributed by atoms with Gasteiger partial charge in [-0.3, -0.25) is 0 Å². The van der Waals surface area contributed by atoms with Crippen LogP contribution in [0.4, 0.5) is 11.4 Å². The summed E-state index contributed by atoms with van der Waals surface area (Å²) in [6, 6.07) is 6.64. The molecule has 0 bridgehead atoms. The van der Waals surface area contributed by atoms with Crippen LogP contribution in [0.1, 0.15) is 12.8 Å². The molecule has 0 saturated carbocycles. The van der Waals surface area contributed by atoms with Crippen LogP contribution in [-0.4, -0.2) is 45.2 Å². The van der Waals surface area contributed by atoms with E-state index in [2.05, 4.69) is 30.0 Å². The third kappa shape index (κ3) is 2.88. The zero-order valence-electron chi connectivity index (χ0n) is 11.5. The smallest absolute Gasteiger partial charge is 0.122 e. The van der Waals surface area contributed by atoms with Gasteiger partial charge in [0.2, 0.25) is 0 Å². The molecule has 4 nitrogen and oxygen atoms in total. The van der Waals surface area contributed by atoms with Gasteiger partial charge in [0.25, 0.3) is 0 Å². The van der Waals surface area contributed by atoms with Crippen LogP contribution in [0.2, 0.25) is 0 Å². The lowest BCUT2D eigenvalue weighted by molar-refractivity contribution is 0.249. The Bertz CT molecular complexity index is 398. The summed E-state index contributed by atoms with van der Waals surface area (Å²) in [5.74, 6) is 0.833. The molecule has 100 valence electrons. The van der Waals surface area contributed by atoms with Crippen molar-refractivity contribution in [3.63, 3.8) is 0 Å². The quantitative estimate of drug-likeness (QED) is 0.830. The molecule has 1 saturated heterocycles. The van der Waals surface area contributed by atoms with Crippen molar-refractivity contribution in [1.82, 2.24) is 4.90 Å². The van der Waals surface area contributed by atoms with Crippen molar-refractivity contribution < 1.29 is 4.74 Å². The van der Waals surface area contributed by atoms with Crippen LogP contribution in [0.5, 0.6) is 5.75 Å². The van der Waals surface area contributed by atoms with E-state index in [1.54, 1.807) is 7.11 Å². The van der Waals surface area contributed by atoms with E-state index in [0.717, 1.165) is 24.5 Å². The lowest BCUT2D eigenvalue weighted by Crippen LogP contribution is -2.42. The molecular formula is C14H23N3O. The molecule has 1 aliphatic rings. The second-order valence-corrected chi connectivity index (χ2v) is 5.15. The summed E-state index contributed by atoms with van der Waals surface area (Å²) >= 11 is 0. The summed E-state index contributed by atoms with van der Waals surface area (Å²) in [7, 11) is 5.99. The number of benzene rings is 1. The first-order valence-corrected chi connectivity index (χ1v) is 6.46. The molecule has 2 rings (SSSR count). The molecule has 1 heterocycles. The molecule has 4 heteroatoms. The predicted molar refractivity (Wildman–Crippen MR) is 76.3 cm³/mol. The summed E-state index contributed by atoms with van der Waals surface area (Å²) in [5, 5.41) is 0. The Balaban J connectivity index is 2.07. The second-order valence-electron chi connectivity index (χ2n) is 5.15. The SMILES string of the molecule is COc1cc(N)cc(N2CCC(N(C)C)CC2)c1. The molecular weight excluding hydrogens is 226 g/mol. The van der Waals surface area contributed by atoms with Gasteiger partial charge in [-0.1, -0.05) is 0 Å². The Kier molecular flexibility index (Phi) is 3.97. The topological polar surface area (TPSA) is 41.7 Å². The fourth-order valence-electron chi connectivity index (χ4n) is 2.55. The molecule has 2 N–H and O–H groups in total. The number of anilines is 2. The molecule has 0 spiro atoms. The molecule has 0 aromatic heterocycles. The van der Waals surface area contributed by atoms with Crippen molar-refractivity contribution in [3.8, 4) is 5.75 Å². The third-order valence-corrected chi connectivity index (χ3v) is 3.71. The Morgan fingerprint density at radius 1 is 1.22 bits per heavy atom. The van der Waals surface area contributed by atoms with E-state index in [-0.39, 0.29) is 0 Å². The van der Waals surface area contributed by atoms with Crippen LogP contribution < -0.4 is 15.4 Å². The highest BCUT2D eigenvalue weighted by Gasteiger charge is 2.21. The number of methoxy groups -OCH3 is 1. The van der Waals surface area contributed by atoms with Crippen LogP contribution in [0.3, 0.4) is 0 Å². The normalized spacial score (nSPS) is 17.2. The number of nitrogen functional groups attached to an aromatic ring is 1. The average Bonchev–Trinajstić information content (AvgIpc) is 2.38. The van der Waals surface area contributed by atoms with E-state index in [4.69, 9.17) is 10.5 Å². The molecule has 18 heavy (non-hydrogen) atoms. The number of nitrogens with zero attached hydrogens (tertiary/aromatic N) is 2. The molecule has 0 aliphatic carbocycles. The highest BCUT2D eigenvalue weighted by atomic mass is 16.5. The summed E-state index contributed by atoms with van der Waals surface area (Å²) in [6.07, 6.45) is 2.40. The average molecular weight is 249 g/mol. The van der Waals surface area contributed by atoms with Crippen LogP contribution in [-0.2, 0) is 0 Å². The maximum absolute atomic E-state index is 5.90. The van der Waals surface area contributed by atoms with Crippen LogP contribution in [0, 0.1) is 0 Å². The lowest BCUT2D eigenvalue weighted by atomic mass is 10.0. The Labute approximate surface area is 109 Å². The standard InChI is InChI=1S/C14H23N3O/c1-16(2)12-4-6-17(7-5-12)13-8-11(15)9-14(10-13)18-3/h8-10,12H,4-7,15H2,1-3H3. The van der Waals surface area contributed by atoms with Gasteiger partial charge in [0.05, 0.1) is 7.11 Å². The van der Waals surface area contributed by atoms with Gasteiger partial charge in [-0.05, 0) is 33.0 Å². The van der Waals surface area contributed by atoms with Gasteiger partial charge in [-0.25, -0.2) is 0 Å². The van der Waals surface area contributed by atoms with Gasteiger partial charge in [-0.2, -0.15) is 0 Å². The number of nitrogens with two attached hydrogens (primary N) is 1. The van der Waals surface area contributed by atoms with E-state index in [1.807, 2.05) is 12.1 Å². The maximum atomic E-state index is 5.90. The fraction of sp³-hybridized carbons (Fsp3) is 0.571. The first kappa shape index (κ1) is 13.0. The van der Waals surface area contributed by atoms with E-state index in [1.165, 1.54) is 18.5 Å². The molecule has 1 aromatic rings. The second kappa shape index (κ2) is 5.48. The molecule has 1 aliphatic heterocycles. The van der Waals surface area contributed by atoms with Gasteiger partial charge < -0.3 is 20.3 Å². The van der Waals surface area contributed by atoms with Crippen LogP contribution >= 0.6 is 0 Å². The van der Waals surface area contributed by atoms with E-state index >= 15 is 0 Å². The van der Waals surface area contributed by atoms with Crippen molar-refractivity contribution in [2.75, 3.05) is 44.9 Å². The minimum atomic E-state index is 0.698. The van der Waals surface area contributed by atoms with Crippen LogP contribution in [0.25, 0.3) is 0 Å². The van der Waals surface area contributed by atoms with Gasteiger partial charge >= 0.3 is 0 Å². The molecule has 0 unspecified atom stereocenters. The Morgan fingerprint density at radius 3 is 2.44 bits per heavy atom. The largest absolute Gasteiger partial charge is 0.497 e. The molecule has 0 atom stereocenters. The Morgan fingerprint density at radius 2 is 1.89 bits per heavy atom. The zero-order valence-corrected chi connectivity index (χ0v) is 11.5. The number of rotatable bonds is 3. The summed E-state index contributed by atoms with van der Waals surface area (Å²) in [4.78, 5) is 4.70. The fourth-order valence-corrected chi connectivity index (χ4v) is 2.55. The first-order valence-electron chi connectivity index (χ1n) is 6.46. The predicted octanol–water partition coefficient (Wildman–Crippen LogP) is 1.81. The minimum absolute atomic E-state index is 0.698. The lowest BCUT2D eigenvalue weighted by Gasteiger charge is -2.36. The van der Waals surface area contributed by atoms with Gasteiger partial charge in [-0.15, -0.1) is 0 Å². The van der Waals surface area contributed by atoms with Crippen molar-refractivity contribution in [1.29, 1.82) is 0 Å². The monoisotopic (exact) mass is 249 g/mol. The highest BCUT2D eigenvalue weighted by molar-refractivity contribution is 5.60. The maximum Gasteiger partial charge on any atom is 0.122 e. The van der Waals surface area contributed by atoms with Crippen LogP contribution in [0.15, 0.2) is 18.2 Å². The van der Waals surface area contributed by atoms with E-state index in [0.29, 0.717) is 6.04 Å². The van der Waals surface area contributed by atoms with E-state index in [9.17, 15) is 0 Å². The number of hydrogen-bond acceptors (Lipinski definition) is 4. The first-order chi connectivity index (χ1) is 8.60. The molecule has 1 aromatic carbocycles. The highest BCUT2D eigenvalue weighted by Crippen LogP contribution is 2.28. The number of hydrogen-bond donors (Lipinski definition) is 1.